The standard InChI is InChI=1S/C11H15F3N2/c1-7(2)6-16-10-4-3-8(5-9(10)15)11(12,13)14/h3-5,7,16H,6,15H2,1-2H3. The largest absolute Gasteiger partial charge is 0.416 e. The highest BCUT2D eigenvalue weighted by atomic mass is 19.4. The fourth-order valence-electron chi connectivity index (χ4n) is 1.21. The molecule has 0 saturated heterocycles. The normalized spacial score (nSPS) is 11.9. The fourth-order valence-corrected chi connectivity index (χ4v) is 1.21. The second kappa shape index (κ2) is 4.63. The maximum Gasteiger partial charge on any atom is 0.416 e. The van der Waals surface area contributed by atoms with Gasteiger partial charge in [-0.15, -0.1) is 0 Å². The minimum atomic E-state index is -4.34. The summed E-state index contributed by atoms with van der Waals surface area (Å²) in [6, 6.07) is 3.34. The molecule has 0 atom stereocenters. The minimum Gasteiger partial charge on any atom is -0.397 e. The van der Waals surface area contributed by atoms with Crippen molar-refractivity contribution in [3.8, 4) is 0 Å². The summed E-state index contributed by atoms with van der Waals surface area (Å²) < 4.78 is 37.0. The van der Waals surface area contributed by atoms with Crippen LogP contribution in [0.1, 0.15) is 19.4 Å². The van der Waals surface area contributed by atoms with E-state index in [1.165, 1.54) is 6.07 Å². The third kappa shape index (κ3) is 3.32. The average molecular weight is 232 g/mol. The van der Waals surface area contributed by atoms with Crippen LogP contribution in [0.15, 0.2) is 18.2 Å². The van der Waals surface area contributed by atoms with Crippen LogP contribution in [0, 0.1) is 5.92 Å². The van der Waals surface area contributed by atoms with Gasteiger partial charge in [0.25, 0.3) is 0 Å². The molecule has 2 nitrogen and oxygen atoms in total. The Labute approximate surface area is 92.6 Å². The highest BCUT2D eigenvalue weighted by Gasteiger charge is 2.30. The topological polar surface area (TPSA) is 38.0 Å². The molecule has 0 amide bonds. The maximum atomic E-state index is 12.3. The van der Waals surface area contributed by atoms with Gasteiger partial charge in [-0.2, -0.15) is 13.2 Å². The molecule has 0 fully saturated rings. The highest BCUT2D eigenvalue weighted by Crippen LogP contribution is 2.32. The first kappa shape index (κ1) is 12.7. The van der Waals surface area contributed by atoms with Gasteiger partial charge in [-0.25, -0.2) is 0 Å². The lowest BCUT2D eigenvalue weighted by molar-refractivity contribution is -0.137. The molecule has 0 aromatic heterocycles. The zero-order chi connectivity index (χ0) is 12.3. The van der Waals surface area contributed by atoms with Crippen molar-refractivity contribution in [2.45, 2.75) is 20.0 Å². The number of nitrogens with one attached hydrogen (secondary N) is 1. The number of hydrogen-bond donors (Lipinski definition) is 2. The van der Waals surface area contributed by atoms with Gasteiger partial charge in [-0.1, -0.05) is 13.8 Å². The Hall–Kier alpha value is -1.39. The molecule has 0 saturated carbocycles. The molecule has 5 heteroatoms. The molecular weight excluding hydrogens is 217 g/mol. The quantitative estimate of drug-likeness (QED) is 0.784. The first-order valence-corrected chi connectivity index (χ1v) is 5.01. The number of nitrogens with two attached hydrogens (primary N) is 1. The maximum absolute atomic E-state index is 12.3. The summed E-state index contributed by atoms with van der Waals surface area (Å²) >= 11 is 0. The van der Waals surface area contributed by atoms with Crippen molar-refractivity contribution in [2.75, 3.05) is 17.6 Å². The van der Waals surface area contributed by atoms with E-state index >= 15 is 0 Å². The van der Waals surface area contributed by atoms with Crippen molar-refractivity contribution in [3.05, 3.63) is 23.8 Å². The Morgan fingerprint density at radius 3 is 2.38 bits per heavy atom. The van der Waals surface area contributed by atoms with Crippen LogP contribution in [0.3, 0.4) is 0 Å². The lowest BCUT2D eigenvalue weighted by Crippen LogP contribution is -2.11. The van der Waals surface area contributed by atoms with Gasteiger partial charge in [0.1, 0.15) is 0 Å². The summed E-state index contributed by atoms with van der Waals surface area (Å²) in [5.74, 6) is 0.404. The first-order valence-electron chi connectivity index (χ1n) is 5.01. The van der Waals surface area contributed by atoms with Crippen molar-refractivity contribution in [1.29, 1.82) is 0 Å². The molecule has 0 aliphatic heterocycles. The van der Waals surface area contributed by atoms with Gasteiger partial charge in [0.2, 0.25) is 0 Å². The SMILES string of the molecule is CC(C)CNc1ccc(C(F)(F)F)cc1N. The Kier molecular flexibility index (Phi) is 3.67. The molecule has 0 aliphatic rings. The number of halogens is 3. The van der Waals surface area contributed by atoms with Crippen molar-refractivity contribution >= 4 is 11.4 Å². The van der Waals surface area contributed by atoms with E-state index in [0.717, 1.165) is 12.1 Å². The third-order valence-corrected chi connectivity index (χ3v) is 2.08. The Morgan fingerprint density at radius 2 is 1.94 bits per heavy atom. The van der Waals surface area contributed by atoms with Crippen LogP contribution in [0.2, 0.25) is 0 Å². The summed E-state index contributed by atoms with van der Waals surface area (Å²) in [4.78, 5) is 0. The first-order chi connectivity index (χ1) is 7.30. The molecule has 3 N–H and O–H groups in total. The number of rotatable bonds is 3. The smallest absolute Gasteiger partial charge is 0.397 e. The Morgan fingerprint density at radius 1 is 1.31 bits per heavy atom. The molecular formula is C11H15F3N2. The third-order valence-electron chi connectivity index (χ3n) is 2.08. The van der Waals surface area contributed by atoms with Crippen molar-refractivity contribution in [1.82, 2.24) is 0 Å². The average Bonchev–Trinajstić information content (AvgIpc) is 2.14. The van der Waals surface area contributed by atoms with Crippen LogP contribution >= 0.6 is 0 Å². The van der Waals surface area contributed by atoms with Gasteiger partial charge >= 0.3 is 6.18 Å². The Balaban J connectivity index is 2.84. The number of benzene rings is 1. The number of hydrogen-bond acceptors (Lipinski definition) is 2. The van der Waals surface area contributed by atoms with Gasteiger partial charge in [0, 0.05) is 6.54 Å². The number of anilines is 2. The zero-order valence-corrected chi connectivity index (χ0v) is 9.23. The van der Waals surface area contributed by atoms with E-state index in [2.05, 4.69) is 5.32 Å². The fraction of sp³-hybridized carbons (Fsp3) is 0.455. The predicted molar refractivity (Wildman–Crippen MR) is 59.2 cm³/mol. The van der Waals surface area contributed by atoms with Crippen LogP contribution in [0.25, 0.3) is 0 Å². The van der Waals surface area contributed by atoms with Crippen molar-refractivity contribution in [2.24, 2.45) is 5.92 Å². The highest BCUT2D eigenvalue weighted by molar-refractivity contribution is 5.67. The molecule has 1 aromatic carbocycles. The van der Waals surface area contributed by atoms with E-state index in [1.807, 2.05) is 13.8 Å². The summed E-state index contributed by atoms with van der Waals surface area (Å²) in [6.45, 7) is 4.69. The van der Waals surface area contributed by atoms with Crippen LogP contribution < -0.4 is 11.1 Å². The molecule has 1 aromatic rings. The number of nitrogen functional groups attached to an aromatic ring is 1. The molecule has 1 rings (SSSR count). The van der Waals surface area contributed by atoms with E-state index in [9.17, 15) is 13.2 Å². The van der Waals surface area contributed by atoms with E-state index < -0.39 is 11.7 Å². The van der Waals surface area contributed by atoms with Crippen molar-refractivity contribution < 1.29 is 13.2 Å². The van der Waals surface area contributed by atoms with Crippen LogP contribution in [-0.2, 0) is 6.18 Å². The van der Waals surface area contributed by atoms with Crippen LogP contribution in [-0.4, -0.2) is 6.54 Å². The second-order valence-corrected chi connectivity index (χ2v) is 4.07. The van der Waals surface area contributed by atoms with Gasteiger partial charge in [0.05, 0.1) is 16.9 Å². The van der Waals surface area contributed by atoms with E-state index in [1.54, 1.807) is 0 Å². The molecule has 90 valence electrons. The van der Waals surface area contributed by atoms with Gasteiger partial charge in [-0.05, 0) is 24.1 Å². The monoisotopic (exact) mass is 232 g/mol. The van der Waals surface area contributed by atoms with Crippen LogP contribution in [0.5, 0.6) is 0 Å². The minimum absolute atomic E-state index is 0.121. The Bertz CT molecular complexity index is 359. The molecule has 0 bridgehead atoms. The summed E-state index contributed by atoms with van der Waals surface area (Å²) in [7, 11) is 0. The molecule has 0 unspecified atom stereocenters. The van der Waals surface area contributed by atoms with E-state index in [-0.39, 0.29) is 5.69 Å². The van der Waals surface area contributed by atoms with Crippen LogP contribution in [0.4, 0.5) is 24.5 Å². The predicted octanol–water partition coefficient (Wildman–Crippen LogP) is 3.36. The molecule has 16 heavy (non-hydrogen) atoms. The lowest BCUT2D eigenvalue weighted by atomic mass is 10.1. The summed E-state index contributed by atoms with van der Waals surface area (Å²) in [6.07, 6.45) is -4.34. The van der Waals surface area contributed by atoms with Gasteiger partial charge in [0.15, 0.2) is 0 Å². The molecule has 0 spiro atoms. The summed E-state index contributed by atoms with van der Waals surface area (Å²) in [5, 5.41) is 3.00. The van der Waals surface area contributed by atoms with Crippen molar-refractivity contribution in [3.63, 3.8) is 0 Å². The lowest BCUT2D eigenvalue weighted by Gasteiger charge is -2.13. The van der Waals surface area contributed by atoms with Gasteiger partial charge in [-0.3, -0.25) is 0 Å². The van der Waals surface area contributed by atoms with E-state index in [0.29, 0.717) is 18.2 Å². The second-order valence-electron chi connectivity index (χ2n) is 4.07. The van der Waals surface area contributed by atoms with Gasteiger partial charge < -0.3 is 11.1 Å². The molecule has 0 radical (unpaired) electrons. The molecule has 0 heterocycles. The zero-order valence-electron chi connectivity index (χ0n) is 9.23. The van der Waals surface area contributed by atoms with E-state index in [4.69, 9.17) is 5.73 Å². The molecule has 0 aliphatic carbocycles. The number of alkyl halides is 3. The summed E-state index contributed by atoms with van der Waals surface area (Å²) in [5.41, 5.74) is 5.48.